The molecule has 0 heterocycles. The van der Waals surface area contributed by atoms with Gasteiger partial charge in [-0.25, -0.2) is 8.42 Å². The Morgan fingerprint density at radius 1 is 1.09 bits per heavy atom. The van der Waals surface area contributed by atoms with Crippen LogP contribution < -0.4 is 9.46 Å². The minimum Gasteiger partial charge on any atom is -0.497 e. The summed E-state index contributed by atoms with van der Waals surface area (Å²) in [6.45, 7) is 3.75. The van der Waals surface area contributed by atoms with Crippen molar-refractivity contribution in [2.24, 2.45) is 0 Å². The summed E-state index contributed by atoms with van der Waals surface area (Å²) in [5, 5.41) is 11.1. The Morgan fingerprint density at radius 2 is 1.78 bits per heavy atom. The molecule has 0 aromatic heterocycles. The van der Waals surface area contributed by atoms with Crippen molar-refractivity contribution in [2.75, 3.05) is 11.8 Å². The van der Waals surface area contributed by atoms with Crippen LogP contribution in [0, 0.1) is 24.0 Å². The predicted molar refractivity (Wildman–Crippen MR) is 86.4 cm³/mol. The summed E-state index contributed by atoms with van der Waals surface area (Å²) in [6.07, 6.45) is 0. The quantitative estimate of drug-likeness (QED) is 0.668. The monoisotopic (exact) mass is 336 g/mol. The standard InChI is InChI=1S/C15H16N2O5S/c1-10-4-5-12(8-11(10)2)16-23(20,21)15-7-6-13(22-3)9-14(15)17(18)19/h4-9,16H,1-3H3. The number of methoxy groups -OCH3 is 1. The highest BCUT2D eigenvalue weighted by Gasteiger charge is 2.26. The summed E-state index contributed by atoms with van der Waals surface area (Å²) in [7, 11) is -2.74. The van der Waals surface area contributed by atoms with Crippen LogP contribution >= 0.6 is 0 Å². The number of nitrogens with one attached hydrogen (secondary N) is 1. The van der Waals surface area contributed by atoms with E-state index >= 15 is 0 Å². The third kappa shape index (κ3) is 3.59. The molecular formula is C15H16N2O5S. The van der Waals surface area contributed by atoms with Gasteiger partial charge in [-0.2, -0.15) is 0 Å². The highest BCUT2D eigenvalue weighted by molar-refractivity contribution is 7.92. The summed E-state index contributed by atoms with van der Waals surface area (Å²) >= 11 is 0. The predicted octanol–water partition coefficient (Wildman–Crippen LogP) is 3.02. The van der Waals surface area contributed by atoms with Crippen molar-refractivity contribution < 1.29 is 18.1 Å². The van der Waals surface area contributed by atoms with Crippen molar-refractivity contribution in [1.82, 2.24) is 0 Å². The molecule has 0 radical (unpaired) electrons. The third-order valence-electron chi connectivity index (χ3n) is 3.41. The van der Waals surface area contributed by atoms with E-state index in [0.717, 1.165) is 23.3 Å². The van der Waals surface area contributed by atoms with Gasteiger partial charge in [0.15, 0.2) is 4.90 Å². The highest BCUT2D eigenvalue weighted by atomic mass is 32.2. The fraction of sp³-hybridized carbons (Fsp3) is 0.200. The van der Waals surface area contributed by atoms with Gasteiger partial charge in [-0.3, -0.25) is 14.8 Å². The van der Waals surface area contributed by atoms with Crippen molar-refractivity contribution in [3.05, 3.63) is 57.6 Å². The number of nitrogens with zero attached hydrogens (tertiary/aromatic N) is 1. The smallest absolute Gasteiger partial charge is 0.293 e. The van der Waals surface area contributed by atoms with Crippen molar-refractivity contribution >= 4 is 21.4 Å². The van der Waals surface area contributed by atoms with E-state index < -0.39 is 25.5 Å². The number of benzene rings is 2. The van der Waals surface area contributed by atoms with Crippen molar-refractivity contribution in [3.8, 4) is 5.75 Å². The van der Waals surface area contributed by atoms with Gasteiger partial charge in [0.2, 0.25) is 0 Å². The zero-order valence-corrected chi connectivity index (χ0v) is 13.7. The van der Waals surface area contributed by atoms with Gasteiger partial charge in [-0.05, 0) is 49.2 Å². The van der Waals surface area contributed by atoms with E-state index in [2.05, 4.69) is 4.72 Å². The van der Waals surface area contributed by atoms with Crippen molar-refractivity contribution in [1.29, 1.82) is 0 Å². The average Bonchev–Trinajstić information content (AvgIpc) is 2.50. The van der Waals surface area contributed by atoms with Gasteiger partial charge < -0.3 is 4.74 Å². The molecule has 0 atom stereocenters. The maximum Gasteiger partial charge on any atom is 0.293 e. The first kappa shape index (κ1) is 16.8. The summed E-state index contributed by atoms with van der Waals surface area (Å²) in [5.74, 6) is 0.210. The second kappa shape index (κ2) is 6.25. The zero-order chi connectivity index (χ0) is 17.2. The molecule has 0 aliphatic carbocycles. The zero-order valence-electron chi connectivity index (χ0n) is 12.9. The summed E-state index contributed by atoms with van der Waals surface area (Å²) < 4.78 is 32.2. The maximum absolute atomic E-state index is 12.5. The Kier molecular flexibility index (Phi) is 4.55. The Bertz CT molecular complexity index is 862. The number of aryl methyl sites for hydroxylation is 2. The van der Waals surface area contributed by atoms with Crippen LogP contribution in [0.25, 0.3) is 0 Å². The molecule has 1 N–H and O–H groups in total. The molecule has 2 rings (SSSR count). The van der Waals surface area contributed by atoms with Crippen molar-refractivity contribution in [2.45, 2.75) is 18.7 Å². The third-order valence-corrected chi connectivity index (χ3v) is 4.84. The van der Waals surface area contributed by atoms with Crippen LogP contribution in [0.15, 0.2) is 41.3 Å². The molecule has 0 bridgehead atoms. The van der Waals surface area contributed by atoms with E-state index in [-0.39, 0.29) is 5.75 Å². The van der Waals surface area contributed by atoms with Crippen LogP contribution in [0.5, 0.6) is 5.75 Å². The molecule has 0 saturated carbocycles. The lowest BCUT2D eigenvalue weighted by Crippen LogP contribution is -2.15. The van der Waals surface area contributed by atoms with Gasteiger partial charge in [-0.15, -0.1) is 0 Å². The first-order valence-electron chi connectivity index (χ1n) is 6.67. The van der Waals surface area contributed by atoms with Gasteiger partial charge in [0.25, 0.3) is 15.7 Å². The second-order valence-electron chi connectivity index (χ2n) is 5.00. The molecule has 0 aliphatic rings. The largest absolute Gasteiger partial charge is 0.497 e. The van der Waals surface area contributed by atoms with Crippen LogP contribution in [-0.2, 0) is 10.0 Å². The first-order chi connectivity index (χ1) is 10.7. The summed E-state index contributed by atoms with van der Waals surface area (Å²) in [5.41, 5.74) is 1.73. The molecule has 0 unspecified atom stereocenters. The van der Waals surface area contributed by atoms with Gasteiger partial charge >= 0.3 is 0 Å². The van der Waals surface area contributed by atoms with Crippen molar-refractivity contribution in [3.63, 3.8) is 0 Å². The SMILES string of the molecule is COc1ccc(S(=O)(=O)Nc2ccc(C)c(C)c2)c([N+](=O)[O-])c1. The molecule has 8 heteroatoms. The molecular weight excluding hydrogens is 320 g/mol. The van der Waals surface area contributed by atoms with Crippen LogP contribution in [0.4, 0.5) is 11.4 Å². The average molecular weight is 336 g/mol. The molecule has 23 heavy (non-hydrogen) atoms. The van der Waals surface area contributed by atoms with Crippen LogP contribution in [0.3, 0.4) is 0 Å². The van der Waals surface area contributed by atoms with E-state index in [1.807, 2.05) is 13.8 Å². The number of rotatable bonds is 5. The van der Waals surface area contributed by atoms with Gasteiger partial charge in [0, 0.05) is 5.69 Å². The fourth-order valence-electron chi connectivity index (χ4n) is 2.01. The Balaban J connectivity index is 2.47. The number of sulfonamides is 1. The minimum atomic E-state index is -4.09. The number of nitro benzene ring substituents is 1. The number of hydrogen-bond acceptors (Lipinski definition) is 5. The van der Waals surface area contributed by atoms with Crippen LogP contribution in [-0.4, -0.2) is 20.5 Å². The van der Waals surface area contributed by atoms with Gasteiger partial charge in [-0.1, -0.05) is 6.07 Å². The lowest BCUT2D eigenvalue weighted by Gasteiger charge is -2.11. The summed E-state index contributed by atoms with van der Waals surface area (Å²) in [6, 6.07) is 8.64. The number of nitro groups is 1. The first-order valence-corrected chi connectivity index (χ1v) is 8.15. The van der Waals surface area contributed by atoms with Gasteiger partial charge in [0.05, 0.1) is 18.1 Å². The van der Waals surface area contributed by atoms with Crippen LogP contribution in [0.2, 0.25) is 0 Å². The van der Waals surface area contributed by atoms with E-state index in [1.54, 1.807) is 18.2 Å². The Hall–Kier alpha value is -2.61. The topological polar surface area (TPSA) is 98.5 Å². The molecule has 0 fully saturated rings. The molecule has 122 valence electrons. The highest BCUT2D eigenvalue weighted by Crippen LogP contribution is 2.30. The minimum absolute atomic E-state index is 0.210. The number of hydrogen-bond donors (Lipinski definition) is 1. The second-order valence-corrected chi connectivity index (χ2v) is 6.65. The molecule has 2 aromatic carbocycles. The molecule has 2 aromatic rings. The van der Waals surface area contributed by atoms with E-state index in [0.29, 0.717) is 5.69 Å². The Morgan fingerprint density at radius 3 is 2.35 bits per heavy atom. The van der Waals surface area contributed by atoms with E-state index in [1.165, 1.54) is 13.2 Å². The van der Waals surface area contributed by atoms with Gasteiger partial charge in [0.1, 0.15) is 5.75 Å². The number of ether oxygens (including phenoxy) is 1. The lowest BCUT2D eigenvalue weighted by atomic mass is 10.1. The molecule has 0 saturated heterocycles. The molecule has 0 spiro atoms. The number of anilines is 1. The molecule has 7 nitrogen and oxygen atoms in total. The molecule has 0 aliphatic heterocycles. The molecule has 0 amide bonds. The van der Waals surface area contributed by atoms with E-state index in [9.17, 15) is 18.5 Å². The van der Waals surface area contributed by atoms with E-state index in [4.69, 9.17) is 4.74 Å². The summed E-state index contributed by atoms with van der Waals surface area (Å²) in [4.78, 5) is 9.98. The fourth-order valence-corrected chi connectivity index (χ4v) is 3.21. The lowest BCUT2D eigenvalue weighted by molar-refractivity contribution is -0.387. The Labute approximate surface area is 134 Å². The normalized spacial score (nSPS) is 11.1. The van der Waals surface area contributed by atoms with Crippen LogP contribution in [0.1, 0.15) is 11.1 Å². The maximum atomic E-state index is 12.5.